The molecule has 0 saturated carbocycles. The van der Waals surface area contributed by atoms with E-state index in [1.165, 1.54) is 0 Å². The van der Waals surface area contributed by atoms with Gasteiger partial charge in [-0.1, -0.05) is 0 Å². The van der Waals surface area contributed by atoms with Crippen LogP contribution in [-0.2, 0) is 4.74 Å². The number of hydrogen-bond donors (Lipinski definition) is 1. The molecule has 0 saturated heterocycles. The Bertz CT molecular complexity index is 403. The van der Waals surface area contributed by atoms with Gasteiger partial charge in [0.25, 0.3) is 0 Å². The van der Waals surface area contributed by atoms with E-state index in [0.717, 1.165) is 10.2 Å². The Balaban J connectivity index is 2.49. The van der Waals surface area contributed by atoms with Gasteiger partial charge in [-0.3, -0.25) is 5.01 Å². The van der Waals surface area contributed by atoms with E-state index in [1.807, 2.05) is 12.3 Å². The molecule has 1 N–H and O–H groups in total. The van der Waals surface area contributed by atoms with Gasteiger partial charge in [0.15, 0.2) is 0 Å². The van der Waals surface area contributed by atoms with Crippen LogP contribution >= 0.6 is 15.9 Å². The normalized spacial score (nSPS) is 19.9. The molecule has 2 aliphatic rings. The van der Waals surface area contributed by atoms with Crippen molar-refractivity contribution in [3.05, 3.63) is 33.8 Å². The molecule has 0 aromatic heterocycles. The Labute approximate surface area is 90.2 Å². The molecule has 0 unspecified atom stereocenters. The fourth-order valence-corrected chi connectivity index (χ4v) is 1.86. The third kappa shape index (κ3) is 1.33. The number of nitrogens with one attached hydrogen (secondary N) is 1. The number of ether oxygens (including phenoxy) is 1. The second kappa shape index (κ2) is 3.48. The number of hydrazine groups is 1. The van der Waals surface area contributed by atoms with Crippen molar-refractivity contribution in [1.29, 1.82) is 5.26 Å². The minimum atomic E-state index is 0.545. The van der Waals surface area contributed by atoms with Gasteiger partial charge >= 0.3 is 0 Å². The van der Waals surface area contributed by atoms with Crippen LogP contribution in [0.15, 0.2) is 33.8 Å². The zero-order chi connectivity index (χ0) is 10.1. The molecule has 5 heteroatoms. The molecule has 0 aliphatic carbocycles. The Hall–Kier alpha value is -1.25. The van der Waals surface area contributed by atoms with Gasteiger partial charge in [0.1, 0.15) is 11.5 Å². The van der Waals surface area contributed by atoms with Crippen molar-refractivity contribution in [2.45, 2.75) is 0 Å². The molecule has 0 spiro atoms. The Kier molecular flexibility index (Phi) is 2.32. The van der Waals surface area contributed by atoms with Crippen LogP contribution < -0.4 is 5.43 Å². The third-order valence-corrected chi connectivity index (χ3v) is 2.50. The molecule has 0 bridgehead atoms. The second-order valence-electron chi connectivity index (χ2n) is 2.87. The molecular weight excluding hydrogens is 246 g/mol. The fraction of sp³-hybridized carbons (Fsp3) is 0.222. The van der Waals surface area contributed by atoms with Crippen LogP contribution in [0.4, 0.5) is 0 Å². The van der Waals surface area contributed by atoms with E-state index in [1.54, 1.807) is 12.1 Å². The number of nitriles is 1. The molecule has 2 aliphatic heterocycles. The lowest BCUT2D eigenvalue weighted by molar-refractivity contribution is 0.264. The fourth-order valence-electron chi connectivity index (χ4n) is 1.45. The van der Waals surface area contributed by atoms with Crippen LogP contribution in [0.3, 0.4) is 0 Å². The van der Waals surface area contributed by atoms with Gasteiger partial charge in [-0.2, -0.15) is 5.26 Å². The number of halogens is 1. The zero-order valence-corrected chi connectivity index (χ0v) is 9.13. The van der Waals surface area contributed by atoms with Gasteiger partial charge in [0.2, 0.25) is 0 Å². The largest absolute Gasteiger partial charge is 0.494 e. The monoisotopic (exact) mass is 253 g/mol. The minimum absolute atomic E-state index is 0.545. The summed E-state index contributed by atoms with van der Waals surface area (Å²) >= 11 is 3.37. The lowest BCUT2D eigenvalue weighted by Gasteiger charge is -2.22. The maximum Gasteiger partial charge on any atom is 0.146 e. The molecule has 72 valence electrons. The summed E-state index contributed by atoms with van der Waals surface area (Å²) in [6.45, 7) is 0.545. The van der Waals surface area contributed by atoms with Crippen LogP contribution in [0, 0.1) is 11.3 Å². The summed E-state index contributed by atoms with van der Waals surface area (Å²) in [5.74, 6) is 0.695. The third-order valence-electron chi connectivity index (χ3n) is 2.06. The minimum Gasteiger partial charge on any atom is -0.494 e. The van der Waals surface area contributed by atoms with E-state index < -0.39 is 0 Å². The zero-order valence-electron chi connectivity index (χ0n) is 7.54. The number of rotatable bonds is 1. The molecule has 2 rings (SSSR count). The number of nitrogens with zero attached hydrogens (tertiary/aromatic N) is 2. The van der Waals surface area contributed by atoms with Crippen LogP contribution in [0.2, 0.25) is 0 Å². The molecule has 0 atom stereocenters. The first kappa shape index (κ1) is 9.31. The van der Waals surface area contributed by atoms with Gasteiger partial charge in [0.05, 0.1) is 25.3 Å². The van der Waals surface area contributed by atoms with E-state index in [2.05, 4.69) is 27.4 Å². The van der Waals surface area contributed by atoms with E-state index in [0.29, 0.717) is 17.9 Å². The molecule has 0 aromatic carbocycles. The van der Waals surface area contributed by atoms with Crippen molar-refractivity contribution in [2.24, 2.45) is 0 Å². The molecule has 2 heterocycles. The highest BCUT2D eigenvalue weighted by Gasteiger charge is 2.27. The van der Waals surface area contributed by atoms with E-state index >= 15 is 0 Å². The van der Waals surface area contributed by atoms with Crippen molar-refractivity contribution >= 4 is 15.9 Å². The summed E-state index contributed by atoms with van der Waals surface area (Å²) in [5, 5.41) is 10.7. The van der Waals surface area contributed by atoms with Crippen molar-refractivity contribution in [3.8, 4) is 6.07 Å². The van der Waals surface area contributed by atoms with E-state index in [-0.39, 0.29) is 0 Å². The lowest BCUT2D eigenvalue weighted by Crippen LogP contribution is -2.29. The average molecular weight is 254 g/mol. The van der Waals surface area contributed by atoms with Crippen LogP contribution in [0.5, 0.6) is 0 Å². The quantitative estimate of drug-likeness (QED) is 0.767. The first-order valence-corrected chi connectivity index (χ1v) is 4.85. The van der Waals surface area contributed by atoms with E-state index in [4.69, 9.17) is 10.00 Å². The van der Waals surface area contributed by atoms with Crippen molar-refractivity contribution in [2.75, 3.05) is 13.7 Å². The van der Waals surface area contributed by atoms with Gasteiger partial charge < -0.3 is 4.74 Å². The van der Waals surface area contributed by atoms with Gasteiger partial charge in [-0.05, 0) is 22.0 Å². The first-order chi connectivity index (χ1) is 6.76. The molecular formula is C9H8BrN3O. The molecule has 0 radical (unpaired) electrons. The molecule has 0 amide bonds. The second-order valence-corrected chi connectivity index (χ2v) is 3.79. The highest BCUT2D eigenvalue weighted by molar-refractivity contribution is 9.11. The van der Waals surface area contributed by atoms with Crippen molar-refractivity contribution in [1.82, 2.24) is 10.4 Å². The number of allylic oxidation sites excluding steroid dienone is 2. The summed E-state index contributed by atoms with van der Waals surface area (Å²) in [7, 11) is 1.59. The van der Waals surface area contributed by atoms with Gasteiger partial charge in [-0.15, -0.1) is 0 Å². The number of fused-ring (bicyclic) bond motifs is 1. The standard InChI is InChI=1S/C9H8BrN3O/c1-14-8-2-7(10)5-13-9(8)6(3-11)4-12-13/h2,5,12H,4H2,1H3. The first-order valence-electron chi connectivity index (χ1n) is 4.05. The molecule has 0 aromatic rings. The topological polar surface area (TPSA) is 48.3 Å². The van der Waals surface area contributed by atoms with Crippen LogP contribution in [0.25, 0.3) is 0 Å². The smallest absolute Gasteiger partial charge is 0.146 e. The van der Waals surface area contributed by atoms with Crippen molar-refractivity contribution < 1.29 is 4.74 Å². The lowest BCUT2D eigenvalue weighted by atomic mass is 10.2. The van der Waals surface area contributed by atoms with Gasteiger partial charge in [-0.25, -0.2) is 5.43 Å². The average Bonchev–Trinajstić information content (AvgIpc) is 2.59. The summed E-state index contributed by atoms with van der Waals surface area (Å²) in [6.07, 6.45) is 3.71. The Morgan fingerprint density at radius 1 is 1.71 bits per heavy atom. The highest BCUT2D eigenvalue weighted by Crippen LogP contribution is 2.30. The molecule has 14 heavy (non-hydrogen) atoms. The Morgan fingerprint density at radius 3 is 3.14 bits per heavy atom. The Morgan fingerprint density at radius 2 is 2.50 bits per heavy atom. The summed E-state index contributed by atoms with van der Waals surface area (Å²) in [4.78, 5) is 0. The van der Waals surface area contributed by atoms with Crippen molar-refractivity contribution in [3.63, 3.8) is 0 Å². The number of methoxy groups -OCH3 is 1. The number of hydrogen-bond acceptors (Lipinski definition) is 4. The molecule has 0 fully saturated rings. The predicted molar refractivity (Wildman–Crippen MR) is 54.6 cm³/mol. The highest BCUT2D eigenvalue weighted by atomic mass is 79.9. The SMILES string of the molecule is COC1=CC(Br)=CN2NCC(C#N)=C12. The summed E-state index contributed by atoms with van der Waals surface area (Å²) in [5.41, 5.74) is 4.56. The summed E-state index contributed by atoms with van der Waals surface area (Å²) < 4.78 is 6.11. The van der Waals surface area contributed by atoms with Crippen LogP contribution in [-0.4, -0.2) is 18.7 Å². The van der Waals surface area contributed by atoms with Gasteiger partial charge in [0, 0.05) is 10.7 Å². The summed E-state index contributed by atoms with van der Waals surface area (Å²) in [6, 6.07) is 2.15. The van der Waals surface area contributed by atoms with Crippen LogP contribution in [0.1, 0.15) is 0 Å². The maximum atomic E-state index is 8.89. The molecule has 4 nitrogen and oxygen atoms in total. The maximum absolute atomic E-state index is 8.89. The van der Waals surface area contributed by atoms with E-state index in [9.17, 15) is 0 Å². The predicted octanol–water partition coefficient (Wildman–Crippen LogP) is 1.36.